The lowest BCUT2D eigenvalue weighted by molar-refractivity contribution is 0.0691. The monoisotopic (exact) mass is 464 g/mol. The number of nitrogens with one attached hydrogen (secondary N) is 1. The average molecular weight is 465 g/mol. The summed E-state index contributed by atoms with van der Waals surface area (Å²) in [6.07, 6.45) is 1.08. The summed E-state index contributed by atoms with van der Waals surface area (Å²) >= 11 is 5.89. The lowest BCUT2D eigenvalue weighted by atomic mass is 10.0. The van der Waals surface area contributed by atoms with Crippen molar-refractivity contribution in [3.63, 3.8) is 0 Å². The van der Waals surface area contributed by atoms with Gasteiger partial charge < -0.3 is 20.1 Å². The molecule has 0 unspecified atom stereocenters. The molecule has 1 aromatic carbocycles. The van der Waals surface area contributed by atoms with Crippen molar-refractivity contribution in [3.05, 3.63) is 51.9 Å². The molecule has 4 heterocycles. The molecule has 5 rings (SSSR count). The molecule has 168 valence electrons. The lowest BCUT2D eigenvalue weighted by Crippen LogP contribution is -2.38. The van der Waals surface area contributed by atoms with Crippen LogP contribution in [-0.2, 0) is 4.74 Å². The maximum Gasteiger partial charge on any atom is 0.356 e. The second-order valence-corrected chi connectivity index (χ2v) is 8.82. The largest absolute Gasteiger partial charge is 0.476 e. The Hall–Kier alpha value is -3.48. The minimum absolute atomic E-state index is 0.107. The molecular weight excluding hydrogens is 444 g/mol. The summed E-state index contributed by atoms with van der Waals surface area (Å²) in [5.41, 5.74) is 3.57. The van der Waals surface area contributed by atoms with Crippen LogP contribution in [0.3, 0.4) is 0 Å². The van der Waals surface area contributed by atoms with Gasteiger partial charge in [-0.1, -0.05) is 17.7 Å². The predicted molar refractivity (Wildman–Crippen MR) is 123 cm³/mol. The zero-order valence-electron chi connectivity index (χ0n) is 18.0. The third-order valence-electron chi connectivity index (χ3n) is 6.11. The average Bonchev–Trinajstić information content (AvgIpc) is 3.42. The highest BCUT2D eigenvalue weighted by molar-refractivity contribution is 6.29. The van der Waals surface area contributed by atoms with Crippen molar-refractivity contribution >= 4 is 40.1 Å². The van der Waals surface area contributed by atoms with Gasteiger partial charge >= 0.3 is 5.97 Å². The Morgan fingerprint density at radius 2 is 2.18 bits per heavy atom. The first-order chi connectivity index (χ1) is 15.8. The van der Waals surface area contributed by atoms with E-state index in [4.69, 9.17) is 21.3 Å². The summed E-state index contributed by atoms with van der Waals surface area (Å²) in [5.74, 6) is -0.606. The number of carboxylic acid groups (broad SMARTS) is 1. The number of anilines is 2. The Labute approximate surface area is 195 Å². The molecule has 2 aliphatic rings. The van der Waals surface area contributed by atoms with Gasteiger partial charge in [-0.25, -0.2) is 19.7 Å². The van der Waals surface area contributed by atoms with E-state index in [0.29, 0.717) is 41.4 Å². The van der Waals surface area contributed by atoms with Crippen LogP contribution in [0.4, 0.5) is 11.5 Å². The van der Waals surface area contributed by atoms with Gasteiger partial charge in [0.2, 0.25) is 0 Å². The fourth-order valence-corrected chi connectivity index (χ4v) is 4.76. The van der Waals surface area contributed by atoms with Crippen molar-refractivity contribution in [2.75, 3.05) is 23.4 Å². The Morgan fingerprint density at radius 3 is 2.85 bits per heavy atom. The molecule has 33 heavy (non-hydrogen) atoms. The van der Waals surface area contributed by atoms with Crippen LogP contribution in [0, 0.1) is 18.3 Å². The number of pyridine rings is 1. The minimum atomic E-state index is -1.17. The number of benzene rings is 1. The third kappa shape index (κ3) is 3.81. The number of carbonyl (C=O) groups is 1. The van der Waals surface area contributed by atoms with Crippen molar-refractivity contribution in [1.82, 2.24) is 15.0 Å². The van der Waals surface area contributed by atoms with E-state index in [2.05, 4.69) is 26.3 Å². The number of ether oxygens (including phenoxy) is 1. The first-order valence-corrected chi connectivity index (χ1v) is 11.0. The molecule has 2 N–H and O–H groups in total. The summed E-state index contributed by atoms with van der Waals surface area (Å²) in [6, 6.07) is 9.10. The second kappa shape index (κ2) is 8.14. The van der Waals surface area contributed by atoms with Crippen molar-refractivity contribution in [2.45, 2.75) is 38.5 Å². The van der Waals surface area contributed by atoms with E-state index in [-0.39, 0.29) is 29.0 Å². The summed E-state index contributed by atoms with van der Waals surface area (Å²) in [5, 5.41) is 22.6. The molecule has 0 aliphatic carbocycles. The highest BCUT2D eigenvalue weighted by Crippen LogP contribution is 2.35. The molecule has 0 spiro atoms. The quantitative estimate of drug-likeness (QED) is 0.543. The number of fused-ring (bicyclic) bond motifs is 3. The Balaban J connectivity index is 1.59. The van der Waals surface area contributed by atoms with Gasteiger partial charge in [0, 0.05) is 12.1 Å². The fraction of sp³-hybridized carbons (Fsp3) is 0.348. The molecule has 3 aromatic rings. The van der Waals surface area contributed by atoms with Crippen molar-refractivity contribution < 1.29 is 14.6 Å². The van der Waals surface area contributed by atoms with E-state index in [1.165, 1.54) is 0 Å². The predicted octanol–water partition coefficient (Wildman–Crippen LogP) is 3.71. The van der Waals surface area contributed by atoms with Crippen LogP contribution < -0.4 is 10.2 Å². The van der Waals surface area contributed by atoms with Gasteiger partial charge in [0.1, 0.15) is 11.2 Å². The number of halogens is 1. The maximum absolute atomic E-state index is 11.7. The van der Waals surface area contributed by atoms with Crippen molar-refractivity contribution in [3.8, 4) is 6.07 Å². The maximum atomic E-state index is 11.7. The molecule has 2 saturated heterocycles. The SMILES string of the molecule is Cc1cc([C@@H](C)Nc2ccc(Cl)nc2C(=O)O)c2nc(N3C[C@@H]4C[C@H]3CO4)c(C#N)nc2c1. The number of hydrogen-bond acceptors (Lipinski definition) is 8. The van der Waals surface area contributed by atoms with E-state index in [1.54, 1.807) is 12.1 Å². The summed E-state index contributed by atoms with van der Waals surface area (Å²) in [7, 11) is 0. The zero-order chi connectivity index (χ0) is 23.3. The van der Waals surface area contributed by atoms with Crippen LogP contribution in [0.25, 0.3) is 11.0 Å². The highest BCUT2D eigenvalue weighted by Gasteiger charge is 2.41. The minimum Gasteiger partial charge on any atom is -0.476 e. The van der Waals surface area contributed by atoms with Crippen LogP contribution in [-0.4, -0.2) is 51.3 Å². The van der Waals surface area contributed by atoms with Gasteiger partial charge in [0.25, 0.3) is 0 Å². The first kappa shape index (κ1) is 21.4. The Bertz CT molecular complexity index is 1320. The molecule has 10 heteroatoms. The molecule has 9 nitrogen and oxygen atoms in total. The number of hydrogen-bond donors (Lipinski definition) is 2. The molecular formula is C23H21ClN6O3. The molecule has 0 radical (unpaired) electrons. The Kier molecular flexibility index (Phi) is 5.27. The van der Waals surface area contributed by atoms with Crippen molar-refractivity contribution in [1.29, 1.82) is 5.26 Å². The summed E-state index contributed by atoms with van der Waals surface area (Å²) in [4.78, 5) is 27.2. The van der Waals surface area contributed by atoms with E-state index < -0.39 is 5.97 Å². The van der Waals surface area contributed by atoms with E-state index >= 15 is 0 Å². The van der Waals surface area contributed by atoms with E-state index in [0.717, 1.165) is 17.5 Å². The zero-order valence-corrected chi connectivity index (χ0v) is 18.8. The first-order valence-electron chi connectivity index (χ1n) is 10.6. The van der Waals surface area contributed by atoms with E-state index in [9.17, 15) is 15.2 Å². The van der Waals surface area contributed by atoms with Crippen LogP contribution in [0.15, 0.2) is 24.3 Å². The van der Waals surface area contributed by atoms with Crippen molar-refractivity contribution in [2.24, 2.45) is 0 Å². The molecule has 3 atom stereocenters. The smallest absolute Gasteiger partial charge is 0.356 e. The van der Waals surface area contributed by atoms with E-state index in [1.807, 2.05) is 26.0 Å². The second-order valence-electron chi connectivity index (χ2n) is 8.43. The van der Waals surface area contributed by atoms with Crippen LogP contribution >= 0.6 is 11.6 Å². The van der Waals surface area contributed by atoms with Crippen LogP contribution in [0.2, 0.25) is 5.15 Å². The van der Waals surface area contributed by atoms with Crippen LogP contribution in [0.1, 0.15) is 46.7 Å². The van der Waals surface area contributed by atoms with Gasteiger partial charge in [0.15, 0.2) is 17.2 Å². The number of aromatic nitrogens is 3. The third-order valence-corrected chi connectivity index (χ3v) is 6.32. The normalized spacial score (nSPS) is 20.1. The van der Waals surface area contributed by atoms with Gasteiger partial charge in [-0.15, -0.1) is 0 Å². The number of morpholine rings is 1. The van der Waals surface area contributed by atoms with Gasteiger partial charge in [0.05, 0.1) is 41.5 Å². The molecule has 0 saturated carbocycles. The molecule has 2 fully saturated rings. The molecule has 0 amide bonds. The number of carboxylic acids is 1. The summed E-state index contributed by atoms with van der Waals surface area (Å²) in [6.45, 7) is 5.17. The lowest BCUT2D eigenvalue weighted by Gasteiger charge is -2.28. The molecule has 2 aromatic heterocycles. The standard InChI is InChI=1S/C23H21ClN6O3/c1-11-5-15(12(2)26-16-3-4-19(24)28-21(16)23(31)32)20-17(6-11)27-18(8-25)22(29-20)30-9-14-7-13(30)10-33-14/h3-6,12-14,26H,7,9-10H2,1-2H3,(H,31,32)/t12-,13+,14+/m1/s1. The van der Waals surface area contributed by atoms with Gasteiger partial charge in [-0.05, 0) is 44.0 Å². The summed E-state index contributed by atoms with van der Waals surface area (Å²) < 4.78 is 5.70. The highest BCUT2D eigenvalue weighted by atomic mass is 35.5. The molecule has 2 aliphatic heterocycles. The number of aromatic carboxylic acids is 1. The number of nitriles is 1. The molecule has 2 bridgehead atoms. The number of aryl methyl sites for hydroxylation is 1. The fourth-order valence-electron chi connectivity index (χ4n) is 4.61. The van der Waals surface area contributed by atoms with Gasteiger partial charge in [-0.2, -0.15) is 5.26 Å². The van der Waals surface area contributed by atoms with Crippen LogP contribution in [0.5, 0.6) is 0 Å². The Morgan fingerprint density at radius 1 is 1.36 bits per heavy atom. The topological polar surface area (TPSA) is 124 Å². The van der Waals surface area contributed by atoms with Gasteiger partial charge in [-0.3, -0.25) is 0 Å². The number of nitrogens with zero attached hydrogens (tertiary/aromatic N) is 5. The number of rotatable bonds is 5.